The van der Waals surface area contributed by atoms with Crippen molar-refractivity contribution in [3.05, 3.63) is 12.0 Å². The van der Waals surface area contributed by atoms with Crippen LogP contribution in [0.1, 0.15) is 65.2 Å². The van der Waals surface area contributed by atoms with E-state index in [-0.39, 0.29) is 25.0 Å². The molecule has 2 aliphatic rings. The van der Waals surface area contributed by atoms with Crippen molar-refractivity contribution in [1.29, 1.82) is 5.41 Å². The molecule has 7 nitrogen and oxygen atoms in total. The number of rotatable bonds is 11. The molecule has 31 heavy (non-hydrogen) atoms. The molecule has 2 rings (SSSR count). The molecule has 178 valence electrons. The first-order valence-electron chi connectivity index (χ1n) is 10.8. The van der Waals surface area contributed by atoms with Crippen molar-refractivity contribution in [1.82, 2.24) is 10.6 Å². The Morgan fingerprint density at radius 1 is 1.29 bits per heavy atom. The first kappa shape index (κ1) is 25.6. The Morgan fingerprint density at radius 2 is 2.00 bits per heavy atom. The van der Waals surface area contributed by atoms with E-state index in [1.807, 2.05) is 0 Å². The molecule has 0 aromatic heterocycles. The third kappa shape index (κ3) is 8.08. The predicted octanol–water partition coefficient (Wildman–Crippen LogP) is 3.95. The normalized spacial score (nSPS) is 22.0. The number of allylic oxidation sites excluding steroid dienone is 1. The van der Waals surface area contributed by atoms with Crippen molar-refractivity contribution in [2.24, 2.45) is 5.41 Å². The molecule has 1 aliphatic heterocycles. The molecule has 1 aliphatic carbocycles. The van der Waals surface area contributed by atoms with Gasteiger partial charge in [-0.15, -0.1) is 0 Å². The summed E-state index contributed by atoms with van der Waals surface area (Å²) in [5.74, 6) is -1.07. The summed E-state index contributed by atoms with van der Waals surface area (Å²) in [5, 5.41) is 23.7. The highest BCUT2D eigenvalue weighted by Gasteiger charge is 2.42. The van der Waals surface area contributed by atoms with Gasteiger partial charge in [0, 0.05) is 30.2 Å². The number of nitrogens with one attached hydrogen (secondary N) is 3. The van der Waals surface area contributed by atoms with Gasteiger partial charge in [-0.1, -0.05) is 6.42 Å². The number of hydrogen-bond donors (Lipinski definition) is 4. The van der Waals surface area contributed by atoms with Crippen LogP contribution in [0.4, 0.5) is 13.2 Å². The van der Waals surface area contributed by atoms with Crippen LogP contribution < -0.4 is 10.6 Å². The zero-order chi connectivity index (χ0) is 23.1. The second kappa shape index (κ2) is 10.8. The van der Waals surface area contributed by atoms with E-state index in [1.165, 1.54) is 19.9 Å². The third-order valence-corrected chi connectivity index (χ3v) is 5.86. The van der Waals surface area contributed by atoms with Gasteiger partial charge < -0.3 is 25.3 Å². The highest BCUT2D eigenvalue weighted by atomic mass is 19.4. The van der Waals surface area contributed by atoms with E-state index in [1.54, 1.807) is 0 Å². The van der Waals surface area contributed by atoms with Gasteiger partial charge in [-0.3, -0.25) is 10.1 Å². The van der Waals surface area contributed by atoms with Crippen molar-refractivity contribution in [3.63, 3.8) is 0 Å². The molecule has 1 saturated carbocycles. The number of hydrogen-bond acceptors (Lipinski definition) is 6. The molecule has 2 fully saturated rings. The van der Waals surface area contributed by atoms with Gasteiger partial charge in [-0.25, -0.2) is 0 Å². The van der Waals surface area contributed by atoms with Gasteiger partial charge in [0.2, 0.25) is 5.91 Å². The average Bonchev–Trinajstić information content (AvgIpc) is 2.64. The number of ether oxygens (including phenoxy) is 2. The van der Waals surface area contributed by atoms with Crippen LogP contribution in [0.15, 0.2) is 12.0 Å². The average molecular weight is 450 g/mol. The first-order chi connectivity index (χ1) is 14.4. The minimum Gasteiger partial charge on any atom is -0.494 e. The van der Waals surface area contributed by atoms with E-state index in [9.17, 15) is 23.1 Å². The van der Waals surface area contributed by atoms with Crippen LogP contribution in [-0.4, -0.2) is 54.5 Å². The van der Waals surface area contributed by atoms with Gasteiger partial charge in [0.15, 0.2) is 12.2 Å². The number of alkyl halides is 3. The maximum atomic E-state index is 12.4. The number of aliphatic hydroxyl groups excluding tert-OH is 1. The number of carbonyl (C=O) groups excluding carboxylic acids is 1. The summed E-state index contributed by atoms with van der Waals surface area (Å²) >= 11 is 0. The van der Waals surface area contributed by atoms with Gasteiger partial charge >= 0.3 is 6.18 Å². The van der Waals surface area contributed by atoms with Crippen molar-refractivity contribution in [3.8, 4) is 0 Å². The van der Waals surface area contributed by atoms with Crippen molar-refractivity contribution >= 4 is 11.6 Å². The van der Waals surface area contributed by atoms with Crippen LogP contribution in [0.3, 0.4) is 0 Å². The molecule has 4 N–H and O–H groups in total. The second-order valence-electron chi connectivity index (χ2n) is 8.91. The van der Waals surface area contributed by atoms with E-state index in [0.717, 1.165) is 38.5 Å². The van der Waals surface area contributed by atoms with Gasteiger partial charge in [-0.05, 0) is 58.9 Å². The van der Waals surface area contributed by atoms with E-state index < -0.39 is 35.3 Å². The van der Waals surface area contributed by atoms with Crippen LogP contribution in [-0.2, 0) is 14.3 Å². The number of carbonyl (C=O) groups is 1. The van der Waals surface area contributed by atoms with Crippen LogP contribution in [0.2, 0.25) is 0 Å². The first-order valence-corrected chi connectivity index (χ1v) is 10.8. The molecule has 0 spiro atoms. The smallest absolute Gasteiger partial charge is 0.389 e. The molecular formula is C21H34F3N3O4. The number of halogens is 3. The van der Waals surface area contributed by atoms with Crippen LogP contribution in [0.25, 0.3) is 0 Å². The van der Waals surface area contributed by atoms with E-state index in [0.29, 0.717) is 13.2 Å². The summed E-state index contributed by atoms with van der Waals surface area (Å²) in [4.78, 5) is 12.4. The van der Waals surface area contributed by atoms with Crippen LogP contribution >= 0.6 is 0 Å². The summed E-state index contributed by atoms with van der Waals surface area (Å²) in [5.41, 5.74) is -1.53. The van der Waals surface area contributed by atoms with Gasteiger partial charge in [0.05, 0.1) is 12.1 Å². The maximum absolute atomic E-state index is 12.4. The van der Waals surface area contributed by atoms with Crippen LogP contribution in [0, 0.1) is 10.8 Å². The highest BCUT2D eigenvalue weighted by Crippen LogP contribution is 2.43. The Labute approximate surface area is 181 Å². The number of aliphatic hydroxyl groups is 1. The highest BCUT2D eigenvalue weighted by molar-refractivity contribution is 5.99. The lowest BCUT2D eigenvalue weighted by Crippen LogP contribution is -2.52. The zero-order valence-electron chi connectivity index (χ0n) is 18.2. The lowest BCUT2D eigenvalue weighted by atomic mass is 9.66. The Hall–Kier alpha value is -1.65. The molecule has 1 saturated heterocycles. The zero-order valence-corrected chi connectivity index (χ0v) is 18.2. The molecule has 1 heterocycles. The summed E-state index contributed by atoms with van der Waals surface area (Å²) in [6.07, 6.45) is 0.967. The Bertz CT molecular complexity index is 655. The van der Waals surface area contributed by atoms with E-state index in [2.05, 4.69) is 10.6 Å². The van der Waals surface area contributed by atoms with Crippen molar-refractivity contribution < 1.29 is 32.5 Å². The summed E-state index contributed by atoms with van der Waals surface area (Å²) in [6, 6.07) is 0. The molecular weight excluding hydrogens is 415 g/mol. The summed E-state index contributed by atoms with van der Waals surface area (Å²) < 4.78 is 48.1. The van der Waals surface area contributed by atoms with Gasteiger partial charge in [-0.2, -0.15) is 13.2 Å². The maximum Gasteiger partial charge on any atom is 0.389 e. The standard InChI is InChI=1S/C21H34F3N3O4/c1-19(2,26-11-6-10-21(22,23)24)18(29)27-16(28)13-15(25)20(8-5-9-20)14-31-17-7-3-4-12-30-17/h13,17,25-26,28H,3-12,14H2,1-2H3,(H,27,29)/b16-13-,25-15?. The quantitative estimate of drug-likeness (QED) is 0.217. The number of amides is 1. The minimum absolute atomic E-state index is 0.00388. The third-order valence-electron chi connectivity index (χ3n) is 5.86. The SMILES string of the molecule is CC(C)(NCCCC(F)(F)F)C(=O)N/C(O)=C/C(=N)C1(COC2CCCCO2)CCC1. The summed E-state index contributed by atoms with van der Waals surface area (Å²) in [6.45, 7) is 4.02. The molecule has 0 bridgehead atoms. The van der Waals surface area contributed by atoms with Crippen molar-refractivity contribution in [2.75, 3.05) is 19.8 Å². The fourth-order valence-corrected chi connectivity index (χ4v) is 3.56. The van der Waals surface area contributed by atoms with E-state index in [4.69, 9.17) is 14.9 Å². The van der Waals surface area contributed by atoms with Gasteiger partial charge in [0.1, 0.15) is 0 Å². The molecule has 0 aromatic carbocycles. The van der Waals surface area contributed by atoms with Crippen LogP contribution in [0.5, 0.6) is 0 Å². The Morgan fingerprint density at radius 3 is 2.55 bits per heavy atom. The molecule has 1 amide bonds. The summed E-state index contributed by atoms with van der Waals surface area (Å²) in [7, 11) is 0. The largest absolute Gasteiger partial charge is 0.494 e. The second-order valence-corrected chi connectivity index (χ2v) is 8.91. The molecule has 1 unspecified atom stereocenters. The fraction of sp³-hybridized carbons (Fsp3) is 0.810. The fourth-order valence-electron chi connectivity index (χ4n) is 3.56. The lowest BCUT2D eigenvalue weighted by molar-refractivity contribution is -0.178. The predicted molar refractivity (Wildman–Crippen MR) is 110 cm³/mol. The molecule has 0 radical (unpaired) electrons. The molecule has 10 heteroatoms. The minimum atomic E-state index is -4.24. The Kier molecular flexibility index (Phi) is 8.91. The van der Waals surface area contributed by atoms with E-state index >= 15 is 0 Å². The van der Waals surface area contributed by atoms with Gasteiger partial charge in [0.25, 0.3) is 0 Å². The van der Waals surface area contributed by atoms with Crippen molar-refractivity contribution in [2.45, 2.75) is 83.2 Å². The molecule has 1 atom stereocenters. The monoisotopic (exact) mass is 449 g/mol. The topological polar surface area (TPSA) is 104 Å². The molecule has 0 aromatic rings. The lowest BCUT2D eigenvalue weighted by Gasteiger charge is -2.42. The Balaban J connectivity index is 1.84.